The van der Waals surface area contributed by atoms with E-state index in [0.717, 1.165) is 0 Å². The summed E-state index contributed by atoms with van der Waals surface area (Å²) in [5.74, 6) is 0. The minimum atomic E-state index is -2.08. The molecule has 0 aromatic carbocycles. The normalized spacial score (nSPS) is 5.33. The van der Waals surface area contributed by atoms with Gasteiger partial charge in [0.25, 0.3) is 0 Å². The monoisotopic (exact) mass is 388 g/mol. The van der Waals surface area contributed by atoms with Crippen molar-refractivity contribution in [3.8, 4) is 0 Å². The van der Waals surface area contributed by atoms with E-state index in [2.05, 4.69) is 0 Å². The van der Waals surface area contributed by atoms with Crippen LogP contribution in [-0.4, -0.2) is 90.5 Å². The van der Waals surface area contributed by atoms with Crippen LogP contribution in [0.4, 0.5) is 19.2 Å². The topological polar surface area (TPSA) is 241 Å². The van der Waals surface area contributed by atoms with Crippen LogP contribution in [-0.2, 0) is 17.1 Å². The number of hydrogen-bond donors (Lipinski definition) is 4. The van der Waals surface area contributed by atoms with Gasteiger partial charge in [0.2, 0.25) is 24.6 Å². The summed E-state index contributed by atoms with van der Waals surface area (Å²) in [6.07, 6.45) is -8.33. The first kappa shape index (κ1) is 36.0. The van der Waals surface area contributed by atoms with Gasteiger partial charge in [-0.1, -0.05) is 0 Å². The standard InChI is InChI=1S/4CH2O3.Fe.Sr/c4*2-1(3)4;;/h4*(H2,2,3,4);;/q;;;;2*+2/p-4. The van der Waals surface area contributed by atoms with E-state index in [4.69, 9.17) is 60.0 Å². The van der Waals surface area contributed by atoms with Gasteiger partial charge in [0.15, 0.2) is 0 Å². The first-order valence-corrected chi connectivity index (χ1v) is 2.53. The van der Waals surface area contributed by atoms with Crippen LogP contribution >= 0.6 is 0 Å². The van der Waals surface area contributed by atoms with Crippen LogP contribution in [0, 0.1) is 0 Å². The molecule has 0 aliphatic rings. The summed E-state index contributed by atoms with van der Waals surface area (Å²) < 4.78 is 0. The van der Waals surface area contributed by atoms with Crippen molar-refractivity contribution in [3.63, 3.8) is 0 Å². The molecule has 0 saturated carbocycles. The Morgan fingerprint density at radius 3 is 0.556 bits per heavy atom. The largest absolute Gasteiger partial charge is 2.00 e. The van der Waals surface area contributed by atoms with Gasteiger partial charge in [-0.05, 0) is 0 Å². The molecule has 14 heteroatoms. The molecule has 0 radical (unpaired) electrons. The molecule has 0 saturated heterocycles. The predicted molar refractivity (Wildman–Crippen MR) is 37.9 cm³/mol. The molecular weight excluding hydrogens is 383 g/mol. The molecule has 4 N–H and O–H groups in total. The zero-order valence-electron chi connectivity index (χ0n) is 8.12. The number of carboxylic acid groups (broad SMARTS) is 8. The minimum absolute atomic E-state index is 0. The van der Waals surface area contributed by atoms with E-state index in [9.17, 15) is 0 Å². The summed E-state index contributed by atoms with van der Waals surface area (Å²) in [5, 5.41) is 61.2. The quantitative estimate of drug-likeness (QED) is 0.286. The third-order valence-corrected chi connectivity index (χ3v) is 0. The Hall–Kier alpha value is -0.920. The average molecular weight is 388 g/mol. The van der Waals surface area contributed by atoms with E-state index in [1.807, 2.05) is 0 Å². The van der Waals surface area contributed by atoms with E-state index in [-0.39, 0.29) is 62.6 Å². The smallest absolute Gasteiger partial charge is 0.565 e. The molecule has 0 fully saturated rings. The van der Waals surface area contributed by atoms with Crippen LogP contribution in [0.5, 0.6) is 0 Å². The van der Waals surface area contributed by atoms with Crippen molar-refractivity contribution in [1.29, 1.82) is 0 Å². The minimum Gasteiger partial charge on any atom is -0.565 e. The third kappa shape index (κ3) is 3530. The van der Waals surface area contributed by atoms with Gasteiger partial charge in [0.05, 0.1) is 0 Å². The van der Waals surface area contributed by atoms with Crippen molar-refractivity contribution in [2.75, 3.05) is 0 Å². The second kappa shape index (κ2) is 29.8. The van der Waals surface area contributed by atoms with E-state index in [1.54, 1.807) is 0 Å². The Kier molecular flexibility index (Phi) is 59.5. The maximum Gasteiger partial charge on any atom is 2.00 e. The van der Waals surface area contributed by atoms with Gasteiger partial charge in [-0.25, -0.2) is 0 Å². The Bertz CT molecular complexity index is 164. The van der Waals surface area contributed by atoms with Crippen LogP contribution in [0.1, 0.15) is 0 Å². The molecule has 102 valence electrons. The zero-order valence-corrected chi connectivity index (χ0v) is 12.7. The maximum atomic E-state index is 8.44. The fraction of sp³-hybridized carbons (Fsp3) is 0. The number of carbonyl (C=O) groups is 4. The van der Waals surface area contributed by atoms with Crippen molar-refractivity contribution < 1.29 is 77.1 Å². The average Bonchev–Trinajstić information content (AvgIpc) is 1.76. The molecule has 0 bridgehead atoms. The van der Waals surface area contributed by atoms with Gasteiger partial charge in [0, 0.05) is 0 Å². The van der Waals surface area contributed by atoms with E-state index < -0.39 is 24.6 Å². The summed E-state index contributed by atoms with van der Waals surface area (Å²) in [7, 11) is 0. The molecule has 0 aliphatic heterocycles. The van der Waals surface area contributed by atoms with Crippen molar-refractivity contribution in [2.45, 2.75) is 0 Å². The molecule has 0 heterocycles. The molecule has 0 aromatic heterocycles. The summed E-state index contributed by atoms with van der Waals surface area (Å²) in [4.78, 5) is 33.8. The molecule has 18 heavy (non-hydrogen) atoms. The van der Waals surface area contributed by atoms with Gasteiger partial charge in [-0.15, -0.1) is 0 Å². The van der Waals surface area contributed by atoms with E-state index >= 15 is 0 Å². The number of rotatable bonds is 0. The van der Waals surface area contributed by atoms with Gasteiger partial charge < -0.3 is 60.0 Å². The molecular formula is C4H4FeO12Sr. The van der Waals surface area contributed by atoms with Crippen LogP contribution in [0.2, 0.25) is 0 Å². The van der Waals surface area contributed by atoms with E-state index in [1.165, 1.54) is 0 Å². The van der Waals surface area contributed by atoms with Crippen molar-refractivity contribution in [3.05, 3.63) is 0 Å². The zero-order chi connectivity index (χ0) is 14.3. The fourth-order valence-electron chi connectivity index (χ4n) is 0. The van der Waals surface area contributed by atoms with Crippen LogP contribution < -0.4 is 20.4 Å². The predicted octanol–water partition coefficient (Wildman–Crippen LogP) is -4.83. The van der Waals surface area contributed by atoms with E-state index in [0.29, 0.717) is 0 Å². The Balaban J connectivity index is -0.0000000257. The molecule has 0 rings (SSSR count). The van der Waals surface area contributed by atoms with Crippen molar-refractivity contribution in [2.24, 2.45) is 0 Å². The second-order valence-corrected chi connectivity index (χ2v) is 1.06. The molecule has 0 spiro atoms. The molecule has 12 nitrogen and oxygen atoms in total. The van der Waals surface area contributed by atoms with Crippen LogP contribution in [0.25, 0.3) is 0 Å². The molecule has 0 unspecified atom stereocenters. The Morgan fingerprint density at radius 2 is 0.556 bits per heavy atom. The first-order chi connectivity index (χ1) is 6.93. The second-order valence-electron chi connectivity index (χ2n) is 1.06. The summed E-state index contributed by atoms with van der Waals surface area (Å²) >= 11 is 0. The van der Waals surface area contributed by atoms with Gasteiger partial charge >= 0.3 is 62.6 Å². The maximum absolute atomic E-state index is 8.44. The van der Waals surface area contributed by atoms with Gasteiger partial charge in [-0.3, -0.25) is 0 Å². The van der Waals surface area contributed by atoms with Gasteiger partial charge in [0.1, 0.15) is 0 Å². The Morgan fingerprint density at radius 1 is 0.556 bits per heavy atom. The first-order valence-electron chi connectivity index (χ1n) is 2.53. The molecule has 0 atom stereocenters. The summed E-state index contributed by atoms with van der Waals surface area (Å²) in [6, 6.07) is 0. The molecule has 0 amide bonds. The van der Waals surface area contributed by atoms with Crippen LogP contribution in [0.15, 0.2) is 0 Å². The van der Waals surface area contributed by atoms with Crippen LogP contribution in [0.3, 0.4) is 0 Å². The molecule has 0 aliphatic carbocycles. The van der Waals surface area contributed by atoms with Crippen molar-refractivity contribution >= 4 is 70.1 Å². The van der Waals surface area contributed by atoms with Crippen molar-refractivity contribution in [1.82, 2.24) is 0 Å². The SMILES string of the molecule is O=C([O-])O.O=C([O-])O.O=C([O-])O.O=C([O-])O.[Fe+2].[Sr+2]. The molecule has 0 aromatic rings. The number of hydrogen-bond acceptors (Lipinski definition) is 8. The fourth-order valence-corrected chi connectivity index (χ4v) is 0. The van der Waals surface area contributed by atoms with Gasteiger partial charge in [-0.2, -0.15) is 0 Å². The Labute approximate surface area is 146 Å². The third-order valence-electron chi connectivity index (χ3n) is 0. The summed E-state index contributed by atoms with van der Waals surface area (Å²) in [6.45, 7) is 0. The summed E-state index contributed by atoms with van der Waals surface area (Å²) in [5.41, 5.74) is 0.